The summed E-state index contributed by atoms with van der Waals surface area (Å²) in [5.74, 6) is 0.913. The van der Waals surface area contributed by atoms with Crippen molar-refractivity contribution in [3.05, 3.63) is 18.2 Å². The topological polar surface area (TPSA) is 68.0 Å². The van der Waals surface area contributed by atoms with E-state index in [0.717, 1.165) is 24.4 Å². The number of rotatable bonds is 3. The van der Waals surface area contributed by atoms with Crippen LogP contribution in [0.25, 0.3) is 0 Å². The molecule has 1 amide bonds. The van der Waals surface area contributed by atoms with Gasteiger partial charge in [-0.3, -0.25) is 4.79 Å². The molecule has 1 aromatic rings. The fraction of sp³-hybridized carbons (Fsp3) is 0.562. The van der Waals surface area contributed by atoms with E-state index < -0.39 is 0 Å². The van der Waals surface area contributed by atoms with Crippen LogP contribution in [0.2, 0.25) is 0 Å². The molecule has 3 rings (SSSR count). The second-order valence-corrected chi connectivity index (χ2v) is 5.75. The van der Waals surface area contributed by atoms with Gasteiger partial charge in [0, 0.05) is 24.8 Å². The summed E-state index contributed by atoms with van der Waals surface area (Å²) in [6.07, 6.45) is 0.989. The van der Waals surface area contributed by atoms with Gasteiger partial charge in [-0.05, 0) is 18.6 Å². The number of morpholine rings is 1. The molecular weight excluding hydrogens is 282 g/mol. The number of hydrogen-bond donors (Lipinski definition) is 1. The largest absolute Gasteiger partial charge is 0.486 e. The van der Waals surface area contributed by atoms with E-state index in [1.807, 2.05) is 23.1 Å². The summed E-state index contributed by atoms with van der Waals surface area (Å²) in [4.78, 5) is 16.5. The van der Waals surface area contributed by atoms with Crippen LogP contribution in [0.4, 0.5) is 11.4 Å². The van der Waals surface area contributed by atoms with E-state index in [-0.39, 0.29) is 12.0 Å². The Morgan fingerprint density at radius 1 is 1.36 bits per heavy atom. The first-order valence-corrected chi connectivity index (χ1v) is 7.84. The lowest BCUT2D eigenvalue weighted by atomic mass is 10.1. The van der Waals surface area contributed by atoms with E-state index in [0.29, 0.717) is 38.5 Å². The molecular formula is C16H23N3O3. The Bertz CT molecular complexity index is 543. The van der Waals surface area contributed by atoms with Crippen LogP contribution in [0, 0.1) is 0 Å². The van der Waals surface area contributed by atoms with Crippen LogP contribution < -0.4 is 15.4 Å². The number of anilines is 2. The monoisotopic (exact) mass is 305 g/mol. The van der Waals surface area contributed by atoms with Gasteiger partial charge in [0.1, 0.15) is 11.9 Å². The zero-order valence-electron chi connectivity index (χ0n) is 13.0. The SMILES string of the molecule is CCC1CN(CC(=O)N2CCOCC2)c2ccc(N)cc2O1. The van der Waals surface area contributed by atoms with Crippen LogP contribution in [-0.4, -0.2) is 56.3 Å². The summed E-state index contributed by atoms with van der Waals surface area (Å²) in [6, 6.07) is 5.62. The lowest BCUT2D eigenvalue weighted by Gasteiger charge is -2.37. The quantitative estimate of drug-likeness (QED) is 0.847. The first-order valence-electron chi connectivity index (χ1n) is 7.84. The second kappa shape index (κ2) is 6.44. The predicted molar refractivity (Wildman–Crippen MR) is 85.2 cm³/mol. The first-order chi connectivity index (χ1) is 10.7. The molecule has 2 aliphatic heterocycles. The van der Waals surface area contributed by atoms with Crippen LogP contribution in [0.5, 0.6) is 5.75 Å². The molecule has 1 fully saturated rings. The van der Waals surface area contributed by atoms with E-state index in [4.69, 9.17) is 15.2 Å². The number of nitrogens with zero attached hydrogens (tertiary/aromatic N) is 2. The standard InChI is InChI=1S/C16H23N3O3/c1-2-13-10-19(11-16(20)18-5-7-21-8-6-18)14-4-3-12(17)9-15(14)22-13/h3-4,9,13H,2,5-8,10-11,17H2,1H3. The maximum Gasteiger partial charge on any atom is 0.242 e. The number of benzene rings is 1. The van der Waals surface area contributed by atoms with E-state index in [1.54, 1.807) is 0 Å². The maximum atomic E-state index is 12.5. The van der Waals surface area contributed by atoms with Crippen molar-refractivity contribution in [3.8, 4) is 5.75 Å². The minimum Gasteiger partial charge on any atom is -0.486 e. The van der Waals surface area contributed by atoms with Crippen molar-refractivity contribution in [3.63, 3.8) is 0 Å². The Kier molecular flexibility index (Phi) is 4.38. The summed E-state index contributed by atoms with van der Waals surface area (Å²) in [5, 5.41) is 0. The molecule has 6 heteroatoms. The van der Waals surface area contributed by atoms with Gasteiger partial charge in [-0.2, -0.15) is 0 Å². The van der Waals surface area contributed by atoms with Gasteiger partial charge in [0.15, 0.2) is 0 Å². The average Bonchev–Trinajstić information content (AvgIpc) is 2.55. The van der Waals surface area contributed by atoms with Crippen molar-refractivity contribution in [2.75, 3.05) is 50.0 Å². The Hall–Kier alpha value is -1.95. The van der Waals surface area contributed by atoms with Crippen LogP contribution in [0.3, 0.4) is 0 Å². The third-order valence-corrected chi connectivity index (χ3v) is 4.19. The summed E-state index contributed by atoms with van der Waals surface area (Å²) in [7, 11) is 0. The predicted octanol–water partition coefficient (Wildman–Crippen LogP) is 1.10. The molecule has 1 saturated heterocycles. The molecule has 0 saturated carbocycles. The first kappa shape index (κ1) is 15.0. The molecule has 0 spiro atoms. The van der Waals surface area contributed by atoms with Gasteiger partial charge in [-0.1, -0.05) is 6.92 Å². The highest BCUT2D eigenvalue weighted by Gasteiger charge is 2.28. The smallest absolute Gasteiger partial charge is 0.242 e. The van der Waals surface area contributed by atoms with Gasteiger partial charge in [-0.15, -0.1) is 0 Å². The zero-order chi connectivity index (χ0) is 15.5. The van der Waals surface area contributed by atoms with E-state index in [9.17, 15) is 4.79 Å². The molecule has 0 bridgehead atoms. The van der Waals surface area contributed by atoms with E-state index in [2.05, 4.69) is 11.8 Å². The highest BCUT2D eigenvalue weighted by Crippen LogP contribution is 2.35. The fourth-order valence-corrected chi connectivity index (χ4v) is 2.89. The number of nitrogens with two attached hydrogens (primary N) is 1. The van der Waals surface area contributed by atoms with Gasteiger partial charge in [0.05, 0.1) is 32.0 Å². The van der Waals surface area contributed by atoms with Gasteiger partial charge in [0.2, 0.25) is 5.91 Å². The van der Waals surface area contributed by atoms with Gasteiger partial charge < -0.3 is 25.0 Å². The molecule has 2 heterocycles. The summed E-state index contributed by atoms with van der Waals surface area (Å²) < 4.78 is 11.3. The van der Waals surface area contributed by atoms with Crippen LogP contribution >= 0.6 is 0 Å². The van der Waals surface area contributed by atoms with E-state index in [1.165, 1.54) is 0 Å². The molecule has 22 heavy (non-hydrogen) atoms. The number of amides is 1. The summed E-state index contributed by atoms with van der Waals surface area (Å²) >= 11 is 0. The summed E-state index contributed by atoms with van der Waals surface area (Å²) in [5.41, 5.74) is 7.47. The molecule has 0 radical (unpaired) electrons. The van der Waals surface area contributed by atoms with Crippen LogP contribution in [0.1, 0.15) is 13.3 Å². The molecule has 6 nitrogen and oxygen atoms in total. The van der Waals surface area contributed by atoms with Gasteiger partial charge >= 0.3 is 0 Å². The van der Waals surface area contributed by atoms with E-state index >= 15 is 0 Å². The summed E-state index contributed by atoms with van der Waals surface area (Å²) in [6.45, 7) is 5.78. The number of ether oxygens (including phenoxy) is 2. The minimum atomic E-state index is 0.0896. The third kappa shape index (κ3) is 3.11. The van der Waals surface area contributed by atoms with Crippen molar-refractivity contribution in [1.29, 1.82) is 0 Å². The Morgan fingerprint density at radius 3 is 2.86 bits per heavy atom. The lowest BCUT2D eigenvalue weighted by molar-refractivity contribution is -0.133. The number of carbonyl (C=O) groups excluding carboxylic acids is 1. The van der Waals surface area contributed by atoms with Crippen molar-refractivity contribution in [2.24, 2.45) is 0 Å². The van der Waals surface area contributed by atoms with Crippen LogP contribution in [0.15, 0.2) is 18.2 Å². The average molecular weight is 305 g/mol. The maximum absolute atomic E-state index is 12.5. The van der Waals surface area contributed by atoms with Gasteiger partial charge in [-0.25, -0.2) is 0 Å². The Morgan fingerprint density at radius 2 is 2.14 bits per heavy atom. The lowest BCUT2D eigenvalue weighted by Crippen LogP contribution is -2.49. The van der Waals surface area contributed by atoms with Crippen LogP contribution in [-0.2, 0) is 9.53 Å². The Labute approximate surface area is 130 Å². The minimum absolute atomic E-state index is 0.0896. The fourth-order valence-electron chi connectivity index (χ4n) is 2.89. The molecule has 120 valence electrons. The molecule has 0 aliphatic carbocycles. The highest BCUT2D eigenvalue weighted by molar-refractivity contribution is 5.83. The zero-order valence-corrected chi connectivity index (χ0v) is 13.0. The van der Waals surface area contributed by atoms with Crippen molar-refractivity contribution < 1.29 is 14.3 Å². The van der Waals surface area contributed by atoms with Gasteiger partial charge in [0.25, 0.3) is 0 Å². The van der Waals surface area contributed by atoms with Crippen molar-refractivity contribution >= 4 is 17.3 Å². The number of nitrogen functional groups attached to an aromatic ring is 1. The molecule has 1 atom stereocenters. The molecule has 1 aromatic carbocycles. The normalized spacial score (nSPS) is 21.2. The molecule has 1 unspecified atom stereocenters. The second-order valence-electron chi connectivity index (χ2n) is 5.75. The Balaban J connectivity index is 1.76. The molecule has 2 N–H and O–H groups in total. The molecule has 2 aliphatic rings. The number of carbonyl (C=O) groups is 1. The van der Waals surface area contributed by atoms with Crippen molar-refractivity contribution in [1.82, 2.24) is 4.90 Å². The number of fused-ring (bicyclic) bond motifs is 1. The van der Waals surface area contributed by atoms with Crippen molar-refractivity contribution in [2.45, 2.75) is 19.4 Å². The third-order valence-electron chi connectivity index (χ3n) is 4.19. The number of hydrogen-bond acceptors (Lipinski definition) is 5. The molecule has 0 aromatic heterocycles. The highest BCUT2D eigenvalue weighted by atomic mass is 16.5.